The first kappa shape index (κ1) is 12.1. The van der Waals surface area contributed by atoms with Gasteiger partial charge in [-0.25, -0.2) is 0 Å². The van der Waals surface area contributed by atoms with Crippen molar-refractivity contribution in [3.8, 4) is 0 Å². The summed E-state index contributed by atoms with van der Waals surface area (Å²) in [5.74, 6) is 0. The highest BCUT2D eigenvalue weighted by atomic mass is 15.2. The summed E-state index contributed by atoms with van der Waals surface area (Å²) in [6.45, 7) is 9.17. The molecule has 2 fully saturated rings. The van der Waals surface area contributed by atoms with Crippen LogP contribution in [-0.4, -0.2) is 49.1 Å². The second kappa shape index (κ2) is 5.83. The Morgan fingerprint density at radius 2 is 1.94 bits per heavy atom. The van der Waals surface area contributed by atoms with Gasteiger partial charge >= 0.3 is 0 Å². The molecule has 0 saturated carbocycles. The van der Waals surface area contributed by atoms with Gasteiger partial charge in [-0.1, -0.05) is 18.6 Å². The Hall–Kier alpha value is -0.340. The summed E-state index contributed by atoms with van der Waals surface area (Å²) >= 11 is 0. The lowest BCUT2D eigenvalue weighted by atomic mass is 9.99. The van der Waals surface area contributed by atoms with E-state index in [1.54, 1.807) is 0 Å². The van der Waals surface area contributed by atoms with E-state index in [1.165, 1.54) is 70.3 Å². The minimum absolute atomic E-state index is 0.846. The minimum atomic E-state index is 0.846. The van der Waals surface area contributed by atoms with Crippen LogP contribution in [0.5, 0.6) is 0 Å². The van der Waals surface area contributed by atoms with E-state index in [-0.39, 0.29) is 0 Å². The first-order valence-electron chi connectivity index (χ1n) is 6.85. The fraction of sp³-hybridized carbons (Fsp3) is 0.857. The first-order valence-corrected chi connectivity index (χ1v) is 6.85. The Bertz CT molecular complexity index is 227. The third-order valence-corrected chi connectivity index (χ3v) is 4.26. The van der Waals surface area contributed by atoms with Gasteiger partial charge in [0.25, 0.3) is 0 Å². The molecule has 92 valence electrons. The molecule has 2 aliphatic rings. The van der Waals surface area contributed by atoms with E-state index in [0.29, 0.717) is 0 Å². The number of rotatable bonds is 3. The van der Waals surface area contributed by atoms with E-state index in [4.69, 9.17) is 0 Å². The Labute approximate surface area is 100 Å². The average molecular weight is 222 g/mol. The molecule has 0 bridgehead atoms. The summed E-state index contributed by atoms with van der Waals surface area (Å²) in [7, 11) is 2.29. The molecule has 0 N–H and O–H groups in total. The standard InChI is InChI=1S/C14H26N2/c1-13-6-10-16(11-7-13)12-8-14-5-3-4-9-15(14)2/h14H,1,3-12H2,2H3/t14-/m0/s1. The maximum atomic E-state index is 4.08. The van der Waals surface area contributed by atoms with E-state index in [2.05, 4.69) is 23.4 Å². The highest BCUT2D eigenvalue weighted by molar-refractivity contribution is 4.98. The molecule has 0 radical (unpaired) electrons. The second-order valence-corrected chi connectivity index (χ2v) is 5.51. The largest absolute Gasteiger partial charge is 0.303 e. The molecule has 0 aromatic carbocycles. The number of hydrogen-bond acceptors (Lipinski definition) is 2. The van der Waals surface area contributed by atoms with Crippen molar-refractivity contribution < 1.29 is 0 Å². The van der Waals surface area contributed by atoms with E-state index in [0.717, 1.165) is 6.04 Å². The summed E-state index contributed by atoms with van der Waals surface area (Å²) in [4.78, 5) is 5.18. The van der Waals surface area contributed by atoms with Crippen LogP contribution in [0, 0.1) is 0 Å². The summed E-state index contributed by atoms with van der Waals surface area (Å²) in [6.07, 6.45) is 8.06. The molecule has 0 aromatic heterocycles. The van der Waals surface area contributed by atoms with Crippen LogP contribution < -0.4 is 0 Å². The lowest BCUT2D eigenvalue weighted by Gasteiger charge is -2.35. The molecule has 0 aromatic rings. The monoisotopic (exact) mass is 222 g/mol. The molecular weight excluding hydrogens is 196 g/mol. The van der Waals surface area contributed by atoms with Crippen LogP contribution in [0.2, 0.25) is 0 Å². The van der Waals surface area contributed by atoms with Gasteiger partial charge in [-0.05, 0) is 52.2 Å². The van der Waals surface area contributed by atoms with Gasteiger partial charge < -0.3 is 9.80 Å². The smallest absolute Gasteiger partial charge is 0.0104 e. The third-order valence-electron chi connectivity index (χ3n) is 4.26. The van der Waals surface area contributed by atoms with E-state index < -0.39 is 0 Å². The summed E-state index contributed by atoms with van der Waals surface area (Å²) in [6, 6.07) is 0.846. The fourth-order valence-corrected chi connectivity index (χ4v) is 2.93. The molecule has 0 amide bonds. The summed E-state index contributed by atoms with van der Waals surface area (Å²) in [5, 5.41) is 0. The lowest BCUT2D eigenvalue weighted by molar-refractivity contribution is 0.151. The lowest BCUT2D eigenvalue weighted by Crippen LogP contribution is -2.40. The van der Waals surface area contributed by atoms with Gasteiger partial charge in [-0.2, -0.15) is 0 Å². The molecule has 2 aliphatic heterocycles. The van der Waals surface area contributed by atoms with Crippen molar-refractivity contribution in [1.82, 2.24) is 9.80 Å². The average Bonchev–Trinajstić information content (AvgIpc) is 2.30. The maximum absolute atomic E-state index is 4.08. The van der Waals surface area contributed by atoms with Gasteiger partial charge in [0.05, 0.1) is 0 Å². The third kappa shape index (κ3) is 3.33. The Balaban J connectivity index is 1.68. The molecule has 2 heteroatoms. The van der Waals surface area contributed by atoms with Crippen LogP contribution in [0.3, 0.4) is 0 Å². The maximum Gasteiger partial charge on any atom is 0.0104 e. The van der Waals surface area contributed by atoms with Gasteiger partial charge in [0.1, 0.15) is 0 Å². The van der Waals surface area contributed by atoms with Crippen molar-refractivity contribution in [2.45, 2.75) is 44.6 Å². The summed E-state index contributed by atoms with van der Waals surface area (Å²) < 4.78 is 0. The van der Waals surface area contributed by atoms with Crippen molar-refractivity contribution in [3.63, 3.8) is 0 Å². The molecule has 0 unspecified atom stereocenters. The second-order valence-electron chi connectivity index (χ2n) is 5.51. The van der Waals surface area contributed by atoms with Gasteiger partial charge in [-0.15, -0.1) is 0 Å². The summed E-state index contributed by atoms with van der Waals surface area (Å²) in [5.41, 5.74) is 1.45. The van der Waals surface area contributed by atoms with Crippen LogP contribution in [-0.2, 0) is 0 Å². The van der Waals surface area contributed by atoms with Crippen LogP contribution in [0.15, 0.2) is 12.2 Å². The van der Waals surface area contributed by atoms with E-state index in [1.807, 2.05) is 0 Å². The SMILES string of the molecule is C=C1CCN(CC[C@@H]2CCCCN2C)CC1. The Kier molecular flexibility index (Phi) is 4.42. The van der Waals surface area contributed by atoms with Crippen LogP contribution >= 0.6 is 0 Å². The van der Waals surface area contributed by atoms with Crippen molar-refractivity contribution in [2.24, 2.45) is 0 Å². The molecular formula is C14H26N2. The molecule has 2 nitrogen and oxygen atoms in total. The van der Waals surface area contributed by atoms with E-state index in [9.17, 15) is 0 Å². The molecule has 2 heterocycles. The van der Waals surface area contributed by atoms with E-state index >= 15 is 0 Å². The molecule has 16 heavy (non-hydrogen) atoms. The normalized spacial score (nSPS) is 29.6. The van der Waals surface area contributed by atoms with Gasteiger partial charge in [0.2, 0.25) is 0 Å². The zero-order valence-corrected chi connectivity index (χ0v) is 10.7. The number of hydrogen-bond donors (Lipinski definition) is 0. The topological polar surface area (TPSA) is 6.48 Å². The van der Waals surface area contributed by atoms with Crippen molar-refractivity contribution in [3.05, 3.63) is 12.2 Å². The van der Waals surface area contributed by atoms with Gasteiger partial charge in [0.15, 0.2) is 0 Å². The number of likely N-dealkylation sites (tertiary alicyclic amines) is 2. The zero-order chi connectivity index (χ0) is 11.4. The van der Waals surface area contributed by atoms with Crippen molar-refractivity contribution in [2.75, 3.05) is 33.2 Å². The molecule has 0 spiro atoms. The van der Waals surface area contributed by atoms with Gasteiger partial charge in [-0.3, -0.25) is 0 Å². The Morgan fingerprint density at radius 3 is 2.62 bits per heavy atom. The molecule has 1 atom stereocenters. The van der Waals surface area contributed by atoms with Crippen LogP contribution in [0.1, 0.15) is 38.5 Å². The molecule has 0 aliphatic carbocycles. The number of piperidine rings is 2. The Morgan fingerprint density at radius 1 is 1.19 bits per heavy atom. The minimum Gasteiger partial charge on any atom is -0.303 e. The van der Waals surface area contributed by atoms with Crippen molar-refractivity contribution in [1.29, 1.82) is 0 Å². The quantitative estimate of drug-likeness (QED) is 0.677. The van der Waals surface area contributed by atoms with Gasteiger partial charge in [0, 0.05) is 19.1 Å². The predicted octanol–water partition coefficient (Wildman–Crippen LogP) is 2.51. The first-order chi connectivity index (χ1) is 7.75. The van der Waals surface area contributed by atoms with Crippen LogP contribution in [0.25, 0.3) is 0 Å². The highest BCUT2D eigenvalue weighted by Crippen LogP contribution is 2.19. The predicted molar refractivity (Wildman–Crippen MR) is 69.7 cm³/mol. The van der Waals surface area contributed by atoms with Crippen LogP contribution in [0.4, 0.5) is 0 Å². The van der Waals surface area contributed by atoms with Crippen molar-refractivity contribution >= 4 is 0 Å². The molecule has 2 rings (SSSR count). The number of nitrogens with zero attached hydrogens (tertiary/aromatic N) is 2. The molecule has 2 saturated heterocycles. The highest BCUT2D eigenvalue weighted by Gasteiger charge is 2.20. The zero-order valence-electron chi connectivity index (χ0n) is 10.7. The fourth-order valence-electron chi connectivity index (χ4n) is 2.93.